The van der Waals surface area contributed by atoms with Gasteiger partial charge in [0.05, 0.1) is 13.2 Å². The van der Waals surface area contributed by atoms with E-state index in [-0.39, 0.29) is 25.7 Å². The van der Waals surface area contributed by atoms with Crippen LogP contribution in [0.25, 0.3) is 0 Å². The fourth-order valence-corrected chi connectivity index (χ4v) is 7.37. The molecule has 0 saturated carbocycles. The molecule has 3 N–H and O–H groups in total. The third-order valence-corrected chi connectivity index (χ3v) is 11.0. The smallest absolute Gasteiger partial charge is 0.463 e. The lowest BCUT2D eigenvalue weighted by molar-refractivity contribution is -0.147. The van der Waals surface area contributed by atoms with E-state index in [9.17, 15) is 24.2 Å². The summed E-state index contributed by atoms with van der Waals surface area (Å²) in [4.78, 5) is 33.8. The van der Waals surface area contributed by atoms with Crippen LogP contribution in [0.2, 0.25) is 0 Å². The Morgan fingerprint density at radius 2 is 0.849 bits per heavy atom. The summed E-state index contributed by atoms with van der Waals surface area (Å²) in [5.41, 5.74) is 0. The predicted octanol–water partition coefficient (Wildman–Crippen LogP) is 12.4. The molecular formula is C43H86NO8P. The van der Waals surface area contributed by atoms with Crippen molar-refractivity contribution < 1.29 is 37.9 Å². The molecule has 0 aliphatic rings. The number of hydrogen-bond donors (Lipinski definition) is 3. The molecule has 0 spiro atoms. The normalized spacial score (nSPS) is 13.2. The van der Waals surface area contributed by atoms with Gasteiger partial charge in [-0.25, -0.2) is 4.57 Å². The highest BCUT2D eigenvalue weighted by molar-refractivity contribution is 7.47. The Balaban J connectivity index is 3.52. The number of nitrogens with one attached hydrogen (secondary N) is 1. The van der Waals surface area contributed by atoms with Gasteiger partial charge in [0.2, 0.25) is 5.91 Å². The van der Waals surface area contributed by atoms with Gasteiger partial charge < -0.3 is 20.1 Å². The highest BCUT2D eigenvalue weighted by Crippen LogP contribution is 2.42. The van der Waals surface area contributed by atoms with E-state index in [2.05, 4.69) is 19.2 Å². The average Bonchev–Trinajstić information content (AvgIpc) is 3.14. The van der Waals surface area contributed by atoms with Crippen LogP contribution in [0.3, 0.4) is 0 Å². The second-order valence-electron chi connectivity index (χ2n) is 15.4. The number of rotatable bonds is 43. The number of phosphoric ester groups is 1. The number of unbranched alkanes of at least 4 members (excludes halogenated alkanes) is 30. The SMILES string of the molecule is CCCCCCCCCCCCCCCCCCCCCCCC(=O)OCC(O)COP(=O)(O)OCCNC(=O)CCCCCCCCCCCCC. The van der Waals surface area contributed by atoms with Gasteiger partial charge in [0.25, 0.3) is 0 Å². The first kappa shape index (κ1) is 52.0. The molecule has 10 heteroatoms. The standard InChI is InChI=1S/C43H86NO8P/c1-3-5-7-9-11-13-15-16-17-18-19-20-21-22-23-24-26-28-30-32-34-36-43(47)50-39-41(45)40-52-53(48,49)51-38-37-44-42(46)35-33-31-29-27-25-14-12-10-8-6-4-2/h41,45H,3-40H2,1-2H3,(H,44,46)(H,48,49). The molecule has 0 aliphatic heterocycles. The fourth-order valence-electron chi connectivity index (χ4n) is 6.62. The van der Waals surface area contributed by atoms with Gasteiger partial charge in [0.15, 0.2) is 0 Å². The number of esters is 1. The molecule has 0 saturated heterocycles. The van der Waals surface area contributed by atoms with Crippen LogP contribution in [0.1, 0.15) is 232 Å². The maximum atomic E-state index is 12.1. The molecule has 2 atom stereocenters. The number of hydrogen-bond acceptors (Lipinski definition) is 7. The van der Waals surface area contributed by atoms with Gasteiger partial charge in [-0.1, -0.05) is 206 Å². The van der Waals surface area contributed by atoms with E-state index in [1.807, 2.05) is 0 Å². The van der Waals surface area contributed by atoms with Gasteiger partial charge in [-0.15, -0.1) is 0 Å². The third-order valence-electron chi connectivity index (χ3n) is 10.0. The van der Waals surface area contributed by atoms with Crippen molar-refractivity contribution in [2.24, 2.45) is 0 Å². The van der Waals surface area contributed by atoms with Crippen molar-refractivity contribution in [2.45, 2.75) is 238 Å². The maximum absolute atomic E-state index is 12.1. The molecule has 0 bridgehead atoms. The summed E-state index contributed by atoms with van der Waals surface area (Å²) in [6.45, 7) is 3.59. The minimum absolute atomic E-state index is 0.0878. The Morgan fingerprint density at radius 3 is 1.23 bits per heavy atom. The van der Waals surface area contributed by atoms with Crippen LogP contribution in [-0.2, 0) is 27.9 Å². The minimum Gasteiger partial charge on any atom is -0.463 e. The molecule has 1 amide bonds. The van der Waals surface area contributed by atoms with Crippen molar-refractivity contribution in [3.05, 3.63) is 0 Å². The molecule has 0 aromatic heterocycles. The summed E-state index contributed by atoms with van der Waals surface area (Å²) in [6.07, 6.45) is 40.4. The summed E-state index contributed by atoms with van der Waals surface area (Å²) in [5.74, 6) is -0.504. The number of carbonyl (C=O) groups excluding carboxylic acids is 2. The highest BCUT2D eigenvalue weighted by Gasteiger charge is 2.23. The zero-order chi connectivity index (χ0) is 38.9. The van der Waals surface area contributed by atoms with Crippen LogP contribution in [0, 0.1) is 0 Å². The van der Waals surface area contributed by atoms with E-state index >= 15 is 0 Å². The molecular weight excluding hydrogens is 689 g/mol. The lowest BCUT2D eigenvalue weighted by Crippen LogP contribution is -2.27. The minimum atomic E-state index is -4.41. The van der Waals surface area contributed by atoms with Crippen LogP contribution in [-0.4, -0.2) is 54.3 Å². The number of phosphoric acid groups is 1. The second kappa shape index (κ2) is 40.7. The second-order valence-corrected chi connectivity index (χ2v) is 16.8. The molecule has 0 fully saturated rings. The van der Waals surface area contributed by atoms with Gasteiger partial charge in [-0.3, -0.25) is 18.6 Å². The zero-order valence-electron chi connectivity index (χ0n) is 34.7. The van der Waals surface area contributed by atoms with Crippen molar-refractivity contribution in [3.63, 3.8) is 0 Å². The summed E-state index contributed by atoms with van der Waals surface area (Å²) >= 11 is 0. The highest BCUT2D eigenvalue weighted by atomic mass is 31.2. The monoisotopic (exact) mass is 776 g/mol. The predicted molar refractivity (Wildman–Crippen MR) is 220 cm³/mol. The lowest BCUT2D eigenvalue weighted by Gasteiger charge is -2.15. The molecule has 53 heavy (non-hydrogen) atoms. The quantitative estimate of drug-likeness (QED) is 0.0317. The third kappa shape index (κ3) is 42.0. The molecule has 0 rings (SSSR count). The average molecular weight is 776 g/mol. The molecule has 0 aromatic carbocycles. The maximum Gasteiger partial charge on any atom is 0.472 e. The van der Waals surface area contributed by atoms with Crippen LogP contribution >= 0.6 is 7.82 Å². The number of carbonyl (C=O) groups is 2. The van der Waals surface area contributed by atoms with Gasteiger partial charge in [-0.2, -0.15) is 0 Å². The number of ether oxygens (including phenoxy) is 1. The first-order valence-corrected chi connectivity index (χ1v) is 24.0. The van der Waals surface area contributed by atoms with Crippen molar-refractivity contribution >= 4 is 19.7 Å². The first-order chi connectivity index (χ1) is 25.8. The molecule has 316 valence electrons. The van der Waals surface area contributed by atoms with Gasteiger partial charge in [0, 0.05) is 19.4 Å². The van der Waals surface area contributed by atoms with Crippen LogP contribution in [0.5, 0.6) is 0 Å². The van der Waals surface area contributed by atoms with E-state index in [4.69, 9.17) is 13.8 Å². The molecule has 0 aromatic rings. The summed E-state index contributed by atoms with van der Waals surface area (Å²) in [5, 5.41) is 12.7. The van der Waals surface area contributed by atoms with Crippen molar-refractivity contribution in [2.75, 3.05) is 26.4 Å². The number of aliphatic hydroxyl groups is 1. The van der Waals surface area contributed by atoms with Crippen LogP contribution in [0.4, 0.5) is 0 Å². The lowest BCUT2D eigenvalue weighted by atomic mass is 10.0. The molecule has 0 heterocycles. The Morgan fingerprint density at radius 1 is 0.509 bits per heavy atom. The fraction of sp³-hybridized carbons (Fsp3) is 0.953. The Bertz CT molecular complexity index is 845. The first-order valence-electron chi connectivity index (χ1n) is 22.5. The van der Waals surface area contributed by atoms with Crippen LogP contribution in [0.15, 0.2) is 0 Å². The van der Waals surface area contributed by atoms with E-state index in [0.29, 0.717) is 12.8 Å². The summed E-state index contributed by atoms with van der Waals surface area (Å²) in [6, 6.07) is 0. The molecule has 0 radical (unpaired) electrons. The summed E-state index contributed by atoms with van der Waals surface area (Å²) < 4.78 is 26.9. The molecule has 9 nitrogen and oxygen atoms in total. The molecule has 2 unspecified atom stereocenters. The number of amides is 1. The Kier molecular flexibility index (Phi) is 39.9. The van der Waals surface area contributed by atoms with Crippen molar-refractivity contribution in [3.8, 4) is 0 Å². The van der Waals surface area contributed by atoms with Gasteiger partial charge in [0.1, 0.15) is 12.7 Å². The van der Waals surface area contributed by atoms with Crippen LogP contribution < -0.4 is 5.32 Å². The van der Waals surface area contributed by atoms with E-state index < -0.39 is 26.5 Å². The summed E-state index contributed by atoms with van der Waals surface area (Å²) in [7, 11) is -4.41. The Hall–Kier alpha value is -0.990. The van der Waals surface area contributed by atoms with E-state index in [0.717, 1.165) is 38.5 Å². The van der Waals surface area contributed by atoms with Gasteiger partial charge in [-0.05, 0) is 12.8 Å². The topological polar surface area (TPSA) is 131 Å². The number of aliphatic hydroxyl groups excluding tert-OH is 1. The van der Waals surface area contributed by atoms with Crippen molar-refractivity contribution in [1.82, 2.24) is 5.32 Å². The van der Waals surface area contributed by atoms with E-state index in [1.54, 1.807) is 0 Å². The molecule has 0 aliphatic carbocycles. The Labute approximate surface area is 326 Å². The van der Waals surface area contributed by atoms with Gasteiger partial charge >= 0.3 is 13.8 Å². The largest absolute Gasteiger partial charge is 0.472 e. The van der Waals surface area contributed by atoms with Crippen molar-refractivity contribution in [1.29, 1.82) is 0 Å². The van der Waals surface area contributed by atoms with E-state index in [1.165, 1.54) is 167 Å². The zero-order valence-corrected chi connectivity index (χ0v) is 35.6.